The zero-order chi connectivity index (χ0) is 22.5. The number of ether oxygens (including phenoxy) is 3. The van der Waals surface area contributed by atoms with E-state index in [1.807, 2.05) is 48.5 Å². The molecule has 2 unspecified atom stereocenters. The molecule has 1 saturated heterocycles. The highest BCUT2D eigenvalue weighted by Gasteiger charge is 2.47. The molecule has 0 radical (unpaired) electrons. The Labute approximate surface area is 178 Å². The van der Waals surface area contributed by atoms with E-state index >= 15 is 0 Å². The molecule has 0 aromatic heterocycles. The van der Waals surface area contributed by atoms with Crippen molar-refractivity contribution >= 4 is 12.1 Å². The maximum Gasteiger partial charge on any atom is 0.410 e. The predicted octanol–water partition coefficient (Wildman–Crippen LogP) is 4.11. The lowest BCUT2D eigenvalue weighted by Gasteiger charge is -2.39. The van der Waals surface area contributed by atoms with Crippen molar-refractivity contribution in [3.05, 3.63) is 28.8 Å². The van der Waals surface area contributed by atoms with Crippen LogP contribution in [0.25, 0.3) is 0 Å². The lowest BCUT2D eigenvalue weighted by Crippen LogP contribution is -2.46. The lowest BCUT2D eigenvalue weighted by molar-refractivity contribution is 0.00652. The summed E-state index contributed by atoms with van der Waals surface area (Å²) in [7, 11) is 0. The van der Waals surface area contributed by atoms with E-state index in [4.69, 9.17) is 19.9 Å². The van der Waals surface area contributed by atoms with E-state index in [2.05, 4.69) is 0 Å². The van der Waals surface area contributed by atoms with Crippen molar-refractivity contribution in [1.82, 2.24) is 4.90 Å². The van der Waals surface area contributed by atoms with Crippen molar-refractivity contribution in [1.29, 1.82) is 0 Å². The summed E-state index contributed by atoms with van der Waals surface area (Å²) in [6, 6.07) is 3.28. The SMILES string of the molecule is Cc1cc(C(=O)OC(C)(C)C)cc2c1C(N)CC1(CCN(C(=O)OC(C)(C)C)C1)O2. The molecule has 2 aliphatic heterocycles. The molecule has 2 heterocycles. The molecule has 0 aliphatic carbocycles. The molecule has 1 spiro atoms. The summed E-state index contributed by atoms with van der Waals surface area (Å²) in [6.45, 7) is 13.9. The van der Waals surface area contributed by atoms with Crippen LogP contribution in [0.4, 0.5) is 4.79 Å². The summed E-state index contributed by atoms with van der Waals surface area (Å²) >= 11 is 0. The van der Waals surface area contributed by atoms with Gasteiger partial charge < -0.3 is 24.8 Å². The highest BCUT2D eigenvalue weighted by molar-refractivity contribution is 5.90. The van der Waals surface area contributed by atoms with Crippen molar-refractivity contribution in [2.45, 2.75) is 84.2 Å². The number of carbonyl (C=O) groups excluding carboxylic acids is 2. The monoisotopic (exact) mass is 418 g/mol. The van der Waals surface area contributed by atoms with Crippen LogP contribution >= 0.6 is 0 Å². The average Bonchev–Trinajstić information content (AvgIpc) is 2.94. The zero-order valence-electron chi connectivity index (χ0n) is 19.1. The van der Waals surface area contributed by atoms with Gasteiger partial charge in [0.1, 0.15) is 22.6 Å². The van der Waals surface area contributed by atoms with Gasteiger partial charge in [0.15, 0.2) is 0 Å². The summed E-state index contributed by atoms with van der Waals surface area (Å²) in [5.74, 6) is 0.202. The van der Waals surface area contributed by atoms with Crippen molar-refractivity contribution in [2.75, 3.05) is 13.1 Å². The second-order valence-electron chi connectivity index (χ2n) is 10.5. The van der Waals surface area contributed by atoms with Gasteiger partial charge in [0.05, 0.1) is 12.1 Å². The number of amides is 1. The number of benzene rings is 1. The minimum atomic E-state index is -0.585. The molecule has 2 atom stereocenters. The predicted molar refractivity (Wildman–Crippen MR) is 114 cm³/mol. The maximum absolute atomic E-state index is 12.6. The van der Waals surface area contributed by atoms with Gasteiger partial charge in [-0.3, -0.25) is 0 Å². The molecule has 3 rings (SSSR count). The Morgan fingerprint density at radius 1 is 1.13 bits per heavy atom. The molecule has 1 aromatic carbocycles. The van der Waals surface area contributed by atoms with E-state index in [9.17, 15) is 9.59 Å². The first-order chi connectivity index (χ1) is 13.7. The first-order valence-corrected chi connectivity index (χ1v) is 10.5. The molecule has 2 aliphatic rings. The molecule has 7 nitrogen and oxygen atoms in total. The number of rotatable bonds is 1. The number of fused-ring (bicyclic) bond motifs is 1. The average molecular weight is 419 g/mol. The number of carbonyl (C=O) groups is 2. The van der Waals surface area contributed by atoms with Gasteiger partial charge in [0, 0.05) is 31.0 Å². The summed E-state index contributed by atoms with van der Waals surface area (Å²) in [5, 5.41) is 0. The van der Waals surface area contributed by atoms with Crippen LogP contribution in [0.1, 0.15) is 81.9 Å². The van der Waals surface area contributed by atoms with E-state index in [1.54, 1.807) is 17.0 Å². The van der Waals surface area contributed by atoms with Crippen molar-refractivity contribution in [3.8, 4) is 5.75 Å². The maximum atomic E-state index is 12.6. The fourth-order valence-corrected chi connectivity index (χ4v) is 4.14. The molecule has 0 saturated carbocycles. The molecule has 1 amide bonds. The fraction of sp³-hybridized carbons (Fsp3) is 0.652. The molecule has 0 bridgehead atoms. The van der Waals surface area contributed by atoms with Crippen LogP contribution in [0.15, 0.2) is 12.1 Å². The van der Waals surface area contributed by atoms with E-state index < -0.39 is 22.8 Å². The standard InChI is InChI=1S/C23H34N2O5/c1-14-10-15(19(26)29-21(2,3)4)11-17-18(14)16(24)12-23(28-17)8-9-25(13-23)20(27)30-22(5,6)7/h10-11,16H,8-9,12-13,24H2,1-7H3. The first kappa shape index (κ1) is 22.4. The molecule has 7 heteroatoms. The van der Waals surface area contributed by atoms with Crippen LogP contribution in [0, 0.1) is 6.92 Å². The number of esters is 1. The Morgan fingerprint density at radius 3 is 2.37 bits per heavy atom. The minimum Gasteiger partial charge on any atom is -0.485 e. The molecule has 2 N–H and O–H groups in total. The molecular weight excluding hydrogens is 384 g/mol. The third-order valence-corrected chi connectivity index (χ3v) is 5.24. The number of hydrogen-bond acceptors (Lipinski definition) is 6. The van der Waals surface area contributed by atoms with E-state index in [-0.39, 0.29) is 12.1 Å². The number of likely N-dealkylation sites (tertiary alicyclic amines) is 1. The smallest absolute Gasteiger partial charge is 0.410 e. The quantitative estimate of drug-likeness (QED) is 0.690. The van der Waals surface area contributed by atoms with E-state index in [0.29, 0.717) is 37.2 Å². The van der Waals surface area contributed by atoms with Gasteiger partial charge in [-0.15, -0.1) is 0 Å². The number of hydrogen-bond donors (Lipinski definition) is 1. The summed E-state index contributed by atoms with van der Waals surface area (Å²) in [4.78, 5) is 26.8. The lowest BCUT2D eigenvalue weighted by atomic mass is 9.84. The van der Waals surface area contributed by atoms with Gasteiger partial charge in [-0.25, -0.2) is 9.59 Å². The number of nitrogens with zero attached hydrogens (tertiary/aromatic N) is 1. The van der Waals surface area contributed by atoms with Gasteiger partial charge in [0.2, 0.25) is 0 Å². The Bertz CT molecular complexity index is 852. The van der Waals surface area contributed by atoms with Crippen molar-refractivity contribution in [2.24, 2.45) is 5.73 Å². The van der Waals surface area contributed by atoms with E-state index in [0.717, 1.165) is 11.1 Å². The van der Waals surface area contributed by atoms with Crippen molar-refractivity contribution < 1.29 is 23.8 Å². The molecule has 166 valence electrons. The largest absolute Gasteiger partial charge is 0.485 e. The third-order valence-electron chi connectivity index (χ3n) is 5.24. The fourth-order valence-electron chi connectivity index (χ4n) is 4.14. The Kier molecular flexibility index (Phi) is 5.56. The second-order valence-corrected chi connectivity index (χ2v) is 10.5. The molecular formula is C23H34N2O5. The Balaban J connectivity index is 1.84. The number of nitrogens with two attached hydrogens (primary N) is 1. The van der Waals surface area contributed by atoms with Gasteiger partial charge in [-0.1, -0.05) is 0 Å². The minimum absolute atomic E-state index is 0.236. The van der Waals surface area contributed by atoms with Crippen LogP contribution in [0.2, 0.25) is 0 Å². The van der Waals surface area contributed by atoms with Gasteiger partial charge >= 0.3 is 12.1 Å². The van der Waals surface area contributed by atoms with Gasteiger partial charge in [0.25, 0.3) is 0 Å². The van der Waals surface area contributed by atoms with Crippen LogP contribution in [0.3, 0.4) is 0 Å². The number of aryl methyl sites for hydroxylation is 1. The van der Waals surface area contributed by atoms with Crippen LogP contribution in [0.5, 0.6) is 5.75 Å². The van der Waals surface area contributed by atoms with Crippen LogP contribution in [-0.2, 0) is 9.47 Å². The van der Waals surface area contributed by atoms with Gasteiger partial charge in [-0.05, 0) is 66.2 Å². The molecule has 1 aromatic rings. The van der Waals surface area contributed by atoms with Crippen molar-refractivity contribution in [3.63, 3.8) is 0 Å². The first-order valence-electron chi connectivity index (χ1n) is 10.5. The highest BCUT2D eigenvalue weighted by atomic mass is 16.6. The summed E-state index contributed by atoms with van der Waals surface area (Å²) in [6.07, 6.45) is 0.919. The second kappa shape index (κ2) is 7.45. The van der Waals surface area contributed by atoms with E-state index in [1.165, 1.54) is 0 Å². The summed E-state index contributed by atoms with van der Waals surface area (Å²) in [5.41, 5.74) is 7.05. The van der Waals surface area contributed by atoms with Crippen LogP contribution < -0.4 is 10.5 Å². The molecule has 30 heavy (non-hydrogen) atoms. The Morgan fingerprint density at radius 2 is 1.77 bits per heavy atom. The molecule has 1 fully saturated rings. The van der Waals surface area contributed by atoms with Crippen LogP contribution in [-0.4, -0.2) is 46.9 Å². The third kappa shape index (κ3) is 4.89. The van der Waals surface area contributed by atoms with Gasteiger partial charge in [-0.2, -0.15) is 0 Å². The zero-order valence-corrected chi connectivity index (χ0v) is 19.1. The normalized spacial score (nSPS) is 23.7. The summed E-state index contributed by atoms with van der Waals surface area (Å²) < 4.78 is 17.4. The Hall–Kier alpha value is -2.28. The highest BCUT2D eigenvalue weighted by Crippen LogP contribution is 2.45. The topological polar surface area (TPSA) is 91.1 Å².